The number of hydrazine groups is 1. The number of hydrogen-bond acceptors (Lipinski definition) is 2. The fraction of sp³-hybridized carbons (Fsp3) is 0.167. The minimum absolute atomic E-state index is 0.312. The lowest BCUT2D eigenvalue weighted by molar-refractivity contribution is -0.117. The maximum Gasteiger partial charge on any atom is 0.271 e. The van der Waals surface area contributed by atoms with Crippen molar-refractivity contribution in [1.29, 1.82) is 0 Å². The standard InChI is InChI=1S/C12H13ClN2O2/c1-8(2)7-11(16)14-15-12(17)9-5-3-4-6-10(9)13/h3-7H,1-2H3,(H,14,16)(H,15,17). The fourth-order valence-electron chi connectivity index (χ4n) is 1.13. The largest absolute Gasteiger partial charge is 0.271 e. The van der Waals surface area contributed by atoms with Gasteiger partial charge in [0, 0.05) is 6.08 Å². The van der Waals surface area contributed by atoms with E-state index in [-0.39, 0.29) is 5.91 Å². The molecule has 2 amide bonds. The van der Waals surface area contributed by atoms with E-state index in [0.717, 1.165) is 5.57 Å². The molecule has 90 valence electrons. The van der Waals surface area contributed by atoms with Gasteiger partial charge in [-0.1, -0.05) is 29.3 Å². The van der Waals surface area contributed by atoms with E-state index < -0.39 is 5.91 Å². The summed E-state index contributed by atoms with van der Waals surface area (Å²) in [4.78, 5) is 22.9. The molecule has 5 heteroatoms. The first-order chi connectivity index (χ1) is 8.00. The molecule has 17 heavy (non-hydrogen) atoms. The van der Waals surface area contributed by atoms with Gasteiger partial charge in [-0.25, -0.2) is 0 Å². The molecule has 0 fully saturated rings. The molecule has 1 aromatic rings. The number of benzene rings is 1. The molecule has 0 aliphatic rings. The number of nitrogens with one attached hydrogen (secondary N) is 2. The van der Waals surface area contributed by atoms with Crippen molar-refractivity contribution in [3.8, 4) is 0 Å². The third kappa shape index (κ3) is 4.28. The summed E-state index contributed by atoms with van der Waals surface area (Å²) in [5.74, 6) is -0.837. The van der Waals surface area contributed by atoms with E-state index in [1.54, 1.807) is 38.1 Å². The van der Waals surface area contributed by atoms with E-state index in [1.807, 2.05) is 0 Å². The molecule has 2 N–H and O–H groups in total. The number of halogens is 1. The number of amides is 2. The third-order valence-corrected chi connectivity index (χ3v) is 2.17. The normalized spacial score (nSPS) is 9.35. The van der Waals surface area contributed by atoms with Crippen molar-refractivity contribution in [2.45, 2.75) is 13.8 Å². The summed E-state index contributed by atoms with van der Waals surface area (Å²) in [7, 11) is 0. The van der Waals surface area contributed by atoms with Crippen LogP contribution in [0.1, 0.15) is 24.2 Å². The number of allylic oxidation sites excluding steroid dienone is 1. The highest BCUT2D eigenvalue weighted by Crippen LogP contribution is 2.13. The average molecular weight is 253 g/mol. The van der Waals surface area contributed by atoms with Gasteiger partial charge in [0.25, 0.3) is 11.8 Å². The van der Waals surface area contributed by atoms with Crippen LogP contribution >= 0.6 is 11.6 Å². The van der Waals surface area contributed by atoms with E-state index in [1.165, 1.54) is 6.08 Å². The summed E-state index contributed by atoms with van der Waals surface area (Å²) in [6.45, 7) is 3.57. The highest BCUT2D eigenvalue weighted by atomic mass is 35.5. The van der Waals surface area contributed by atoms with E-state index in [4.69, 9.17) is 11.6 Å². The molecule has 4 nitrogen and oxygen atoms in total. The van der Waals surface area contributed by atoms with Crippen LogP contribution in [0.25, 0.3) is 0 Å². The second-order valence-corrected chi connectivity index (χ2v) is 4.05. The maximum absolute atomic E-state index is 11.6. The Morgan fingerprint density at radius 1 is 1.18 bits per heavy atom. The van der Waals surface area contributed by atoms with Crippen LogP contribution in [0.2, 0.25) is 5.02 Å². The van der Waals surface area contributed by atoms with Crippen molar-refractivity contribution in [2.75, 3.05) is 0 Å². The first kappa shape index (κ1) is 13.3. The van der Waals surface area contributed by atoms with Gasteiger partial charge in [0.15, 0.2) is 0 Å². The van der Waals surface area contributed by atoms with Gasteiger partial charge in [-0.3, -0.25) is 20.4 Å². The Morgan fingerprint density at radius 3 is 2.41 bits per heavy atom. The Kier molecular flexibility index (Phi) is 4.72. The topological polar surface area (TPSA) is 58.2 Å². The molecule has 0 heterocycles. The molecular weight excluding hydrogens is 240 g/mol. The number of carbonyl (C=O) groups is 2. The molecule has 1 aromatic carbocycles. The molecule has 0 aliphatic carbocycles. The molecule has 0 atom stereocenters. The average Bonchev–Trinajstić information content (AvgIpc) is 2.25. The van der Waals surface area contributed by atoms with Crippen molar-refractivity contribution in [1.82, 2.24) is 10.9 Å². The lowest BCUT2D eigenvalue weighted by Crippen LogP contribution is -2.41. The second kappa shape index (κ2) is 6.06. The molecule has 0 radical (unpaired) electrons. The van der Waals surface area contributed by atoms with Crippen LogP contribution in [0.5, 0.6) is 0 Å². The smallest absolute Gasteiger partial charge is 0.268 e. The summed E-state index contributed by atoms with van der Waals surface area (Å²) in [6.07, 6.45) is 1.38. The zero-order chi connectivity index (χ0) is 12.8. The molecular formula is C12H13ClN2O2. The van der Waals surface area contributed by atoms with Gasteiger partial charge in [0.05, 0.1) is 10.6 Å². The molecule has 0 saturated heterocycles. The van der Waals surface area contributed by atoms with Crippen molar-refractivity contribution in [2.24, 2.45) is 0 Å². The van der Waals surface area contributed by atoms with Crippen LogP contribution in [0.15, 0.2) is 35.9 Å². The van der Waals surface area contributed by atoms with E-state index in [9.17, 15) is 9.59 Å². The predicted molar refractivity (Wildman–Crippen MR) is 66.5 cm³/mol. The van der Waals surface area contributed by atoms with Crippen molar-refractivity contribution < 1.29 is 9.59 Å². The van der Waals surface area contributed by atoms with Gasteiger partial charge in [-0.2, -0.15) is 0 Å². The highest BCUT2D eigenvalue weighted by Gasteiger charge is 2.09. The summed E-state index contributed by atoms with van der Waals surface area (Å²) in [5, 5.41) is 0.335. The van der Waals surface area contributed by atoms with Crippen molar-refractivity contribution in [3.63, 3.8) is 0 Å². The van der Waals surface area contributed by atoms with Gasteiger partial charge in [-0.05, 0) is 26.0 Å². The Labute approximate surface area is 105 Å². The molecule has 0 unspecified atom stereocenters. The second-order valence-electron chi connectivity index (χ2n) is 3.64. The van der Waals surface area contributed by atoms with Crippen LogP contribution in [-0.2, 0) is 4.79 Å². The summed E-state index contributed by atoms with van der Waals surface area (Å²) < 4.78 is 0. The SMILES string of the molecule is CC(C)=CC(=O)NNC(=O)c1ccccc1Cl. The minimum atomic E-state index is -0.453. The van der Waals surface area contributed by atoms with Crippen molar-refractivity contribution in [3.05, 3.63) is 46.5 Å². The van der Waals surface area contributed by atoms with E-state index in [0.29, 0.717) is 10.6 Å². The third-order valence-electron chi connectivity index (χ3n) is 1.84. The number of rotatable bonds is 2. The van der Waals surface area contributed by atoms with Gasteiger partial charge >= 0.3 is 0 Å². The number of hydrogen-bond donors (Lipinski definition) is 2. The molecule has 1 rings (SSSR count). The number of carbonyl (C=O) groups excluding carboxylic acids is 2. The van der Waals surface area contributed by atoms with Crippen LogP contribution in [0, 0.1) is 0 Å². The Bertz CT molecular complexity index is 465. The first-order valence-corrected chi connectivity index (χ1v) is 5.38. The van der Waals surface area contributed by atoms with E-state index >= 15 is 0 Å². The quantitative estimate of drug-likeness (QED) is 0.625. The van der Waals surface area contributed by atoms with Crippen LogP contribution in [0.4, 0.5) is 0 Å². The summed E-state index contributed by atoms with van der Waals surface area (Å²) in [5.41, 5.74) is 5.70. The summed E-state index contributed by atoms with van der Waals surface area (Å²) in [6, 6.07) is 6.60. The van der Waals surface area contributed by atoms with Gasteiger partial charge in [-0.15, -0.1) is 0 Å². The zero-order valence-electron chi connectivity index (χ0n) is 9.58. The molecule has 0 bridgehead atoms. The lowest BCUT2D eigenvalue weighted by Gasteiger charge is -2.06. The highest BCUT2D eigenvalue weighted by molar-refractivity contribution is 6.33. The molecule has 0 saturated carbocycles. The van der Waals surface area contributed by atoms with Gasteiger partial charge in [0.2, 0.25) is 0 Å². The lowest BCUT2D eigenvalue weighted by atomic mass is 10.2. The summed E-state index contributed by atoms with van der Waals surface area (Å²) >= 11 is 5.83. The van der Waals surface area contributed by atoms with E-state index in [2.05, 4.69) is 10.9 Å². The Hall–Kier alpha value is -1.81. The molecule has 0 spiro atoms. The monoisotopic (exact) mass is 252 g/mol. The predicted octanol–water partition coefficient (Wildman–Crippen LogP) is 2.07. The first-order valence-electron chi connectivity index (χ1n) is 5.00. The van der Waals surface area contributed by atoms with Gasteiger partial charge in [0.1, 0.15) is 0 Å². The minimum Gasteiger partial charge on any atom is -0.268 e. The van der Waals surface area contributed by atoms with Crippen LogP contribution < -0.4 is 10.9 Å². The molecule has 0 aliphatic heterocycles. The van der Waals surface area contributed by atoms with Crippen LogP contribution in [0.3, 0.4) is 0 Å². The van der Waals surface area contributed by atoms with Gasteiger partial charge < -0.3 is 0 Å². The Morgan fingerprint density at radius 2 is 1.82 bits per heavy atom. The zero-order valence-corrected chi connectivity index (χ0v) is 10.3. The van der Waals surface area contributed by atoms with Crippen molar-refractivity contribution >= 4 is 23.4 Å². The molecule has 0 aromatic heterocycles. The fourth-order valence-corrected chi connectivity index (χ4v) is 1.35. The Balaban J connectivity index is 2.60. The maximum atomic E-state index is 11.6. The van der Waals surface area contributed by atoms with Crippen LogP contribution in [-0.4, -0.2) is 11.8 Å².